The lowest BCUT2D eigenvalue weighted by atomic mass is 9.97. The predicted molar refractivity (Wildman–Crippen MR) is 101 cm³/mol. The van der Waals surface area contributed by atoms with Gasteiger partial charge in [0.15, 0.2) is 0 Å². The third kappa shape index (κ3) is 4.73. The summed E-state index contributed by atoms with van der Waals surface area (Å²) in [7, 11) is -3.50. The predicted octanol–water partition coefficient (Wildman–Crippen LogP) is 5.10. The summed E-state index contributed by atoms with van der Waals surface area (Å²) in [4.78, 5) is 0. The number of sulfonamides is 1. The summed E-state index contributed by atoms with van der Waals surface area (Å²) < 4.78 is 27.7. The number of hydrogen-bond donors (Lipinski definition) is 1. The van der Waals surface area contributed by atoms with E-state index in [1.807, 2.05) is 33.8 Å². The molecular formula is C18H21Cl2NO2S. The van der Waals surface area contributed by atoms with Crippen molar-refractivity contribution in [1.82, 2.24) is 4.72 Å². The van der Waals surface area contributed by atoms with Crippen LogP contribution in [0.2, 0.25) is 10.0 Å². The zero-order valence-electron chi connectivity index (χ0n) is 14.2. The van der Waals surface area contributed by atoms with Gasteiger partial charge in [-0.1, -0.05) is 41.4 Å². The molecule has 0 heterocycles. The summed E-state index contributed by atoms with van der Waals surface area (Å²) in [5.74, 6) is -0.141. The SMILES string of the molecule is Cc1cc(C)c(C(C)NS(=O)(=O)Cc2ccc(Cl)c(Cl)c2)cc1C. The van der Waals surface area contributed by atoms with E-state index in [4.69, 9.17) is 23.2 Å². The molecule has 0 saturated heterocycles. The van der Waals surface area contributed by atoms with E-state index in [1.54, 1.807) is 18.2 Å². The van der Waals surface area contributed by atoms with Gasteiger partial charge in [-0.3, -0.25) is 0 Å². The van der Waals surface area contributed by atoms with Gasteiger partial charge >= 0.3 is 0 Å². The zero-order chi connectivity index (χ0) is 18.1. The van der Waals surface area contributed by atoms with Gasteiger partial charge in [0, 0.05) is 6.04 Å². The molecule has 1 N–H and O–H groups in total. The summed E-state index contributed by atoms with van der Waals surface area (Å²) in [6.45, 7) is 7.91. The second-order valence-electron chi connectivity index (χ2n) is 6.14. The van der Waals surface area contributed by atoms with Crippen LogP contribution in [0.3, 0.4) is 0 Å². The highest BCUT2D eigenvalue weighted by atomic mass is 35.5. The molecule has 1 unspecified atom stereocenters. The second-order valence-corrected chi connectivity index (χ2v) is 8.71. The Kier molecular flexibility index (Phi) is 5.97. The molecule has 3 nitrogen and oxygen atoms in total. The fourth-order valence-electron chi connectivity index (χ4n) is 2.67. The Labute approximate surface area is 154 Å². The molecule has 6 heteroatoms. The van der Waals surface area contributed by atoms with Crippen molar-refractivity contribution in [3.63, 3.8) is 0 Å². The van der Waals surface area contributed by atoms with Crippen LogP contribution < -0.4 is 4.72 Å². The zero-order valence-corrected chi connectivity index (χ0v) is 16.5. The average molecular weight is 386 g/mol. The smallest absolute Gasteiger partial charge is 0.212 e. The molecule has 0 amide bonds. The number of rotatable bonds is 5. The van der Waals surface area contributed by atoms with Gasteiger partial charge in [0.1, 0.15) is 0 Å². The summed E-state index contributed by atoms with van der Waals surface area (Å²) in [6.07, 6.45) is 0. The van der Waals surface area contributed by atoms with E-state index < -0.39 is 10.0 Å². The molecule has 0 aromatic heterocycles. The number of nitrogens with one attached hydrogen (secondary N) is 1. The van der Waals surface area contributed by atoms with Crippen LogP contribution in [0.1, 0.15) is 40.8 Å². The van der Waals surface area contributed by atoms with Gasteiger partial charge in [0.2, 0.25) is 10.0 Å². The van der Waals surface area contributed by atoms with Crippen LogP contribution >= 0.6 is 23.2 Å². The highest BCUT2D eigenvalue weighted by Crippen LogP contribution is 2.25. The molecule has 0 aliphatic carbocycles. The molecule has 2 aromatic carbocycles. The molecular weight excluding hydrogens is 365 g/mol. The van der Waals surface area contributed by atoms with Gasteiger partial charge in [-0.2, -0.15) is 0 Å². The van der Waals surface area contributed by atoms with E-state index >= 15 is 0 Å². The van der Waals surface area contributed by atoms with Crippen molar-refractivity contribution in [1.29, 1.82) is 0 Å². The van der Waals surface area contributed by atoms with E-state index in [0.717, 1.165) is 16.7 Å². The quantitative estimate of drug-likeness (QED) is 0.777. The highest BCUT2D eigenvalue weighted by molar-refractivity contribution is 7.88. The van der Waals surface area contributed by atoms with Gasteiger partial charge in [-0.15, -0.1) is 0 Å². The first-order chi connectivity index (χ1) is 11.1. The molecule has 0 bridgehead atoms. The van der Waals surface area contributed by atoms with Gasteiger partial charge in [-0.05, 0) is 67.6 Å². The Morgan fingerprint density at radius 3 is 2.21 bits per heavy atom. The lowest BCUT2D eigenvalue weighted by molar-refractivity contribution is 0.565. The Morgan fingerprint density at radius 1 is 0.958 bits per heavy atom. The number of hydrogen-bond acceptors (Lipinski definition) is 2. The molecule has 0 radical (unpaired) electrons. The van der Waals surface area contributed by atoms with Crippen LogP contribution in [-0.2, 0) is 15.8 Å². The minimum absolute atomic E-state index is 0.141. The lowest BCUT2D eigenvalue weighted by Gasteiger charge is -2.18. The summed E-state index contributed by atoms with van der Waals surface area (Å²) in [5.41, 5.74) is 4.99. The molecule has 24 heavy (non-hydrogen) atoms. The molecule has 0 fully saturated rings. The maximum atomic E-state index is 12.5. The highest BCUT2D eigenvalue weighted by Gasteiger charge is 2.19. The van der Waals surface area contributed by atoms with E-state index in [1.165, 1.54) is 5.56 Å². The maximum absolute atomic E-state index is 12.5. The topological polar surface area (TPSA) is 46.2 Å². The van der Waals surface area contributed by atoms with E-state index in [-0.39, 0.29) is 11.8 Å². The Morgan fingerprint density at radius 2 is 1.58 bits per heavy atom. The summed E-state index contributed by atoms with van der Waals surface area (Å²) >= 11 is 11.8. The van der Waals surface area contributed by atoms with Crippen molar-refractivity contribution in [2.24, 2.45) is 0 Å². The van der Waals surface area contributed by atoms with Crippen molar-refractivity contribution in [2.75, 3.05) is 0 Å². The standard InChI is InChI=1S/C18H21Cl2NO2S/c1-11-7-13(3)16(8-12(11)2)14(4)21-24(22,23)10-15-5-6-17(19)18(20)9-15/h5-9,14,21H,10H2,1-4H3. The summed E-state index contributed by atoms with van der Waals surface area (Å²) in [6, 6.07) is 8.66. The van der Waals surface area contributed by atoms with Crippen molar-refractivity contribution in [3.05, 3.63) is 68.2 Å². The van der Waals surface area contributed by atoms with E-state index in [9.17, 15) is 8.42 Å². The van der Waals surface area contributed by atoms with Gasteiger partial charge in [-0.25, -0.2) is 13.1 Å². The van der Waals surface area contributed by atoms with Crippen LogP contribution in [0, 0.1) is 20.8 Å². The molecule has 130 valence electrons. The first-order valence-corrected chi connectivity index (χ1v) is 10.0. The minimum atomic E-state index is -3.50. The first kappa shape index (κ1) is 19.3. The van der Waals surface area contributed by atoms with Gasteiger partial charge in [0.05, 0.1) is 15.8 Å². The van der Waals surface area contributed by atoms with Crippen molar-refractivity contribution in [3.8, 4) is 0 Å². The summed E-state index contributed by atoms with van der Waals surface area (Å²) in [5, 5.41) is 0.757. The van der Waals surface area contributed by atoms with Crippen LogP contribution in [0.15, 0.2) is 30.3 Å². The molecule has 0 spiro atoms. The third-order valence-electron chi connectivity index (χ3n) is 4.05. The molecule has 0 aliphatic rings. The number of aryl methyl sites for hydroxylation is 3. The number of benzene rings is 2. The van der Waals surface area contributed by atoms with Gasteiger partial charge < -0.3 is 0 Å². The van der Waals surface area contributed by atoms with E-state index in [2.05, 4.69) is 10.8 Å². The van der Waals surface area contributed by atoms with Gasteiger partial charge in [0.25, 0.3) is 0 Å². The maximum Gasteiger partial charge on any atom is 0.216 e. The minimum Gasteiger partial charge on any atom is -0.212 e. The third-order valence-corrected chi connectivity index (χ3v) is 6.21. The fraction of sp³-hybridized carbons (Fsp3) is 0.333. The molecule has 2 aromatic rings. The Hall–Kier alpha value is -1.07. The Balaban J connectivity index is 2.19. The molecule has 1 atom stereocenters. The second kappa shape index (κ2) is 7.44. The van der Waals surface area contributed by atoms with Crippen LogP contribution in [0.5, 0.6) is 0 Å². The van der Waals surface area contributed by atoms with Crippen LogP contribution in [0.25, 0.3) is 0 Å². The molecule has 0 aliphatic heterocycles. The monoisotopic (exact) mass is 385 g/mol. The molecule has 2 rings (SSSR count). The van der Waals surface area contributed by atoms with Crippen LogP contribution in [-0.4, -0.2) is 8.42 Å². The Bertz CT molecular complexity index is 864. The fourth-order valence-corrected chi connectivity index (χ4v) is 4.36. The van der Waals surface area contributed by atoms with Crippen LogP contribution in [0.4, 0.5) is 0 Å². The normalized spacial score (nSPS) is 13.1. The van der Waals surface area contributed by atoms with Crippen molar-refractivity contribution >= 4 is 33.2 Å². The lowest BCUT2D eigenvalue weighted by Crippen LogP contribution is -2.28. The van der Waals surface area contributed by atoms with E-state index in [0.29, 0.717) is 15.6 Å². The average Bonchev–Trinajstić information content (AvgIpc) is 2.45. The first-order valence-electron chi connectivity index (χ1n) is 7.61. The molecule has 0 saturated carbocycles. The largest absolute Gasteiger partial charge is 0.216 e. The van der Waals surface area contributed by atoms with Crippen molar-refractivity contribution < 1.29 is 8.42 Å². The number of halogens is 2. The van der Waals surface area contributed by atoms with Crippen molar-refractivity contribution in [2.45, 2.75) is 39.5 Å².